The number of hydrogen-bond acceptors (Lipinski definition) is 3. The van der Waals surface area contributed by atoms with Crippen LogP contribution in [-0.4, -0.2) is 29.2 Å². The van der Waals surface area contributed by atoms with Gasteiger partial charge in [-0.15, -0.1) is 0 Å². The van der Waals surface area contributed by atoms with Crippen molar-refractivity contribution in [1.29, 1.82) is 0 Å². The Balaban J connectivity index is 1.75. The molecule has 0 saturated heterocycles. The van der Waals surface area contributed by atoms with Crippen LogP contribution in [0.4, 0.5) is 0 Å². The third kappa shape index (κ3) is 2.15. The fraction of sp³-hybridized carbons (Fsp3) is 0.640. The molecule has 3 nitrogen and oxygen atoms in total. The smallest absolute Gasteiger partial charge is 0.167 e. The van der Waals surface area contributed by atoms with Crippen molar-refractivity contribution >= 4 is 5.78 Å². The van der Waals surface area contributed by atoms with Crippen LogP contribution in [0.5, 0.6) is 0 Å². The molecule has 5 atom stereocenters. The quantitative estimate of drug-likeness (QED) is 0.664. The SMILES string of the molecule is CC1=CC(=O)[C@]23C(CO)=CC[C@]24C([C@@H](C)CC/C=C(/C)CO)=CC[C@]4(C)C[C@H]13. The second kappa shape index (κ2) is 6.53. The number of rotatable bonds is 6. The summed E-state index contributed by atoms with van der Waals surface area (Å²) < 4.78 is 0. The van der Waals surface area contributed by atoms with E-state index in [1.54, 1.807) is 0 Å². The minimum Gasteiger partial charge on any atom is -0.392 e. The lowest BCUT2D eigenvalue weighted by molar-refractivity contribution is -0.127. The molecule has 2 spiro atoms. The summed E-state index contributed by atoms with van der Waals surface area (Å²) >= 11 is 0. The molecule has 0 aromatic rings. The molecule has 1 fully saturated rings. The molecule has 0 aliphatic heterocycles. The molecule has 0 aromatic carbocycles. The van der Waals surface area contributed by atoms with Crippen LogP contribution in [-0.2, 0) is 4.79 Å². The number of ketones is 1. The molecule has 152 valence electrons. The largest absolute Gasteiger partial charge is 0.392 e. The second-order valence-corrected chi connectivity index (χ2v) is 9.93. The molecule has 1 saturated carbocycles. The zero-order chi connectivity index (χ0) is 20.3. The van der Waals surface area contributed by atoms with E-state index >= 15 is 0 Å². The van der Waals surface area contributed by atoms with E-state index in [4.69, 9.17) is 0 Å². The van der Waals surface area contributed by atoms with Crippen LogP contribution < -0.4 is 0 Å². The van der Waals surface area contributed by atoms with E-state index in [-0.39, 0.29) is 35.7 Å². The highest BCUT2D eigenvalue weighted by Crippen LogP contribution is 2.81. The second-order valence-electron chi connectivity index (χ2n) is 9.93. The lowest BCUT2D eigenvalue weighted by atomic mass is 9.52. The molecule has 2 N–H and O–H groups in total. The maximum absolute atomic E-state index is 13.5. The standard InChI is InChI=1S/C25H34O3/c1-16(14-26)6-5-7-17(2)20-9-10-23(4)13-21-18(3)12-22(28)25(21)19(15-27)8-11-24(20,23)25/h6,8-9,12,17,21,26-27H,5,7,10-11,13-15H2,1-4H3/b16-6-/t17-,21+,23+,24+,25+/m0/s1. The van der Waals surface area contributed by atoms with Gasteiger partial charge in [-0.2, -0.15) is 0 Å². The highest BCUT2D eigenvalue weighted by atomic mass is 16.3. The lowest BCUT2D eigenvalue weighted by Gasteiger charge is -2.49. The van der Waals surface area contributed by atoms with Gasteiger partial charge in [0.15, 0.2) is 5.78 Å². The summed E-state index contributed by atoms with van der Waals surface area (Å²) in [6.45, 7) is 8.86. The summed E-state index contributed by atoms with van der Waals surface area (Å²) in [4.78, 5) is 13.5. The molecule has 0 radical (unpaired) electrons. The molecular weight excluding hydrogens is 348 g/mol. The molecule has 0 aromatic heterocycles. The Kier molecular flexibility index (Phi) is 4.63. The van der Waals surface area contributed by atoms with Gasteiger partial charge in [0.05, 0.1) is 18.6 Å². The molecule has 4 rings (SSSR count). The molecule has 28 heavy (non-hydrogen) atoms. The van der Waals surface area contributed by atoms with Gasteiger partial charge in [-0.25, -0.2) is 0 Å². The number of aliphatic hydroxyl groups is 2. The molecule has 3 heteroatoms. The van der Waals surface area contributed by atoms with Crippen LogP contribution >= 0.6 is 0 Å². The van der Waals surface area contributed by atoms with E-state index in [0.717, 1.165) is 43.3 Å². The summed E-state index contributed by atoms with van der Waals surface area (Å²) in [5.74, 6) is 0.853. The minimum absolute atomic E-state index is 0.0126. The Labute approximate surface area is 168 Å². The first kappa shape index (κ1) is 19.8. The van der Waals surface area contributed by atoms with Gasteiger partial charge in [0.25, 0.3) is 0 Å². The van der Waals surface area contributed by atoms with Crippen molar-refractivity contribution in [3.8, 4) is 0 Å². The Morgan fingerprint density at radius 2 is 2.07 bits per heavy atom. The third-order valence-electron chi connectivity index (χ3n) is 8.65. The van der Waals surface area contributed by atoms with Crippen molar-refractivity contribution in [2.75, 3.05) is 13.2 Å². The van der Waals surface area contributed by atoms with Crippen molar-refractivity contribution in [2.24, 2.45) is 28.1 Å². The summed E-state index contributed by atoms with van der Waals surface area (Å²) in [7, 11) is 0. The summed E-state index contributed by atoms with van der Waals surface area (Å²) in [5, 5.41) is 19.5. The zero-order valence-electron chi connectivity index (χ0n) is 17.7. The predicted molar refractivity (Wildman–Crippen MR) is 112 cm³/mol. The van der Waals surface area contributed by atoms with Crippen molar-refractivity contribution < 1.29 is 15.0 Å². The topological polar surface area (TPSA) is 57.5 Å². The van der Waals surface area contributed by atoms with E-state index in [2.05, 4.69) is 39.0 Å². The Hall–Kier alpha value is -1.45. The molecule has 4 aliphatic rings. The minimum atomic E-state index is -0.548. The van der Waals surface area contributed by atoms with E-state index in [1.165, 1.54) is 11.1 Å². The van der Waals surface area contributed by atoms with E-state index in [0.29, 0.717) is 5.92 Å². The molecule has 0 unspecified atom stereocenters. The fourth-order valence-corrected chi connectivity index (χ4v) is 7.43. The first-order valence-corrected chi connectivity index (χ1v) is 10.8. The monoisotopic (exact) mass is 382 g/mol. The third-order valence-corrected chi connectivity index (χ3v) is 8.65. The van der Waals surface area contributed by atoms with Crippen LogP contribution in [0.1, 0.15) is 59.8 Å². The van der Waals surface area contributed by atoms with Gasteiger partial charge in [0, 0.05) is 5.41 Å². The summed E-state index contributed by atoms with van der Waals surface area (Å²) in [5.41, 5.74) is 3.99. The van der Waals surface area contributed by atoms with Crippen molar-refractivity contribution in [1.82, 2.24) is 0 Å². The zero-order valence-corrected chi connectivity index (χ0v) is 17.7. The van der Waals surface area contributed by atoms with Gasteiger partial charge < -0.3 is 10.2 Å². The highest BCUT2D eigenvalue weighted by molar-refractivity contribution is 6.04. The van der Waals surface area contributed by atoms with Gasteiger partial charge >= 0.3 is 0 Å². The van der Waals surface area contributed by atoms with Crippen LogP contribution in [0.2, 0.25) is 0 Å². The summed E-state index contributed by atoms with van der Waals surface area (Å²) in [6, 6.07) is 0. The van der Waals surface area contributed by atoms with E-state index < -0.39 is 5.41 Å². The average molecular weight is 383 g/mol. The van der Waals surface area contributed by atoms with Gasteiger partial charge in [0.2, 0.25) is 0 Å². The maximum Gasteiger partial charge on any atom is 0.167 e. The normalized spacial score (nSPS) is 40.1. The first-order valence-electron chi connectivity index (χ1n) is 10.8. The van der Waals surface area contributed by atoms with Gasteiger partial charge in [-0.05, 0) is 74.9 Å². The maximum atomic E-state index is 13.5. The van der Waals surface area contributed by atoms with Crippen LogP contribution in [0.3, 0.4) is 0 Å². The van der Waals surface area contributed by atoms with Gasteiger partial charge in [0.1, 0.15) is 0 Å². The fourth-order valence-electron chi connectivity index (χ4n) is 7.43. The predicted octanol–water partition coefficient (Wildman–Crippen LogP) is 4.52. The number of aliphatic hydroxyl groups excluding tert-OH is 2. The molecule has 0 amide bonds. The van der Waals surface area contributed by atoms with Gasteiger partial charge in [-0.3, -0.25) is 4.79 Å². The Morgan fingerprint density at radius 1 is 1.32 bits per heavy atom. The van der Waals surface area contributed by atoms with E-state index in [1.807, 2.05) is 13.0 Å². The number of allylic oxidation sites excluding steroid dienone is 6. The van der Waals surface area contributed by atoms with Crippen molar-refractivity contribution in [2.45, 2.75) is 59.8 Å². The Morgan fingerprint density at radius 3 is 2.75 bits per heavy atom. The van der Waals surface area contributed by atoms with E-state index in [9.17, 15) is 15.0 Å². The molecular formula is C25H34O3. The first-order chi connectivity index (χ1) is 13.3. The van der Waals surface area contributed by atoms with Crippen molar-refractivity contribution in [3.63, 3.8) is 0 Å². The lowest BCUT2D eigenvalue weighted by Crippen LogP contribution is -2.49. The number of carbonyl (C=O) groups excluding carboxylic acids is 1. The Bertz CT molecular complexity index is 829. The van der Waals surface area contributed by atoms with Crippen molar-refractivity contribution in [3.05, 3.63) is 46.6 Å². The van der Waals surface area contributed by atoms with Crippen LogP contribution in [0.15, 0.2) is 46.6 Å². The molecule has 0 heterocycles. The molecule has 0 bridgehead atoms. The van der Waals surface area contributed by atoms with Crippen LogP contribution in [0, 0.1) is 28.1 Å². The van der Waals surface area contributed by atoms with Crippen LogP contribution in [0.25, 0.3) is 0 Å². The number of carbonyl (C=O) groups is 1. The average Bonchev–Trinajstić information content (AvgIpc) is 3.29. The highest BCUT2D eigenvalue weighted by Gasteiger charge is 2.78. The summed E-state index contributed by atoms with van der Waals surface area (Å²) in [6.07, 6.45) is 13.5. The molecule has 4 aliphatic carbocycles. The number of hydrogen-bond donors (Lipinski definition) is 2. The van der Waals surface area contributed by atoms with Gasteiger partial charge in [-0.1, -0.05) is 48.8 Å².